The van der Waals surface area contributed by atoms with Crippen LogP contribution in [0.15, 0.2) is 24.3 Å². The number of nitrogens with zero attached hydrogens (tertiary/aromatic N) is 1. The average molecular weight is 312 g/mol. The third-order valence-corrected chi connectivity index (χ3v) is 3.12. The van der Waals surface area contributed by atoms with E-state index in [9.17, 15) is 13.6 Å². The minimum atomic E-state index is -0.733. The number of carbonyl (C=O) groups excluding carboxylic acids is 1. The molecule has 0 unspecified atom stereocenters. The Morgan fingerprint density at radius 2 is 1.95 bits per heavy atom. The number of nitrogens with one attached hydrogen (secondary N) is 2. The molecule has 1 aromatic carbocycles. The largest absolute Gasteiger partial charge is 0.373 e. The Balaban J connectivity index is 2.32. The number of aromatic nitrogens is 1. The molecule has 0 saturated carbocycles. The second-order valence-corrected chi connectivity index (χ2v) is 4.72. The number of hydrogen-bond donors (Lipinski definition) is 2. The van der Waals surface area contributed by atoms with E-state index in [0.29, 0.717) is 5.82 Å². The fourth-order valence-electron chi connectivity index (χ4n) is 1.66. The van der Waals surface area contributed by atoms with Crippen LogP contribution in [0.1, 0.15) is 16.1 Å². The van der Waals surface area contributed by atoms with Gasteiger partial charge in [0.25, 0.3) is 5.91 Å². The number of carbonyl (C=O) groups is 1. The van der Waals surface area contributed by atoms with E-state index in [2.05, 4.69) is 15.6 Å². The molecule has 0 spiro atoms. The summed E-state index contributed by atoms with van der Waals surface area (Å²) >= 11 is 5.89. The second kappa shape index (κ2) is 6.05. The lowest BCUT2D eigenvalue weighted by Crippen LogP contribution is -2.16. The van der Waals surface area contributed by atoms with Gasteiger partial charge in [-0.3, -0.25) is 4.79 Å². The van der Waals surface area contributed by atoms with Crippen molar-refractivity contribution < 1.29 is 13.6 Å². The number of benzene rings is 1. The molecule has 0 atom stereocenters. The van der Waals surface area contributed by atoms with Gasteiger partial charge in [-0.1, -0.05) is 11.6 Å². The molecule has 0 aliphatic rings. The third-order valence-electron chi connectivity index (χ3n) is 2.81. The lowest BCUT2D eigenvalue weighted by Gasteiger charge is -2.09. The predicted molar refractivity (Wildman–Crippen MR) is 77.8 cm³/mol. The van der Waals surface area contributed by atoms with Gasteiger partial charge in [-0.2, -0.15) is 0 Å². The van der Waals surface area contributed by atoms with E-state index in [0.717, 1.165) is 12.1 Å². The molecule has 1 heterocycles. The molecule has 0 radical (unpaired) electrons. The normalized spacial score (nSPS) is 10.3. The van der Waals surface area contributed by atoms with Crippen LogP contribution in [0, 0.1) is 18.6 Å². The number of halogens is 3. The number of hydrogen-bond acceptors (Lipinski definition) is 3. The summed E-state index contributed by atoms with van der Waals surface area (Å²) in [5.41, 5.74) is -0.196. The highest BCUT2D eigenvalue weighted by Gasteiger charge is 2.16. The fourth-order valence-corrected chi connectivity index (χ4v) is 1.86. The van der Waals surface area contributed by atoms with E-state index >= 15 is 0 Å². The molecule has 4 nitrogen and oxygen atoms in total. The van der Waals surface area contributed by atoms with Crippen molar-refractivity contribution in [3.8, 4) is 0 Å². The zero-order chi connectivity index (χ0) is 15.6. The van der Waals surface area contributed by atoms with E-state index < -0.39 is 17.5 Å². The molecule has 1 aromatic heterocycles. The molecule has 0 fully saturated rings. The van der Waals surface area contributed by atoms with Crippen molar-refractivity contribution >= 4 is 29.0 Å². The van der Waals surface area contributed by atoms with Crippen molar-refractivity contribution in [1.82, 2.24) is 4.98 Å². The van der Waals surface area contributed by atoms with Gasteiger partial charge < -0.3 is 10.6 Å². The molecule has 21 heavy (non-hydrogen) atoms. The Bertz CT molecular complexity index is 707. The number of amides is 1. The highest BCUT2D eigenvalue weighted by molar-refractivity contribution is 6.34. The molecule has 0 aliphatic carbocycles. The lowest BCUT2D eigenvalue weighted by molar-refractivity contribution is 0.102. The van der Waals surface area contributed by atoms with Gasteiger partial charge in [0.15, 0.2) is 0 Å². The molecule has 7 heteroatoms. The van der Waals surface area contributed by atoms with Gasteiger partial charge in [0.2, 0.25) is 0 Å². The predicted octanol–water partition coefficient (Wildman–Crippen LogP) is 3.62. The summed E-state index contributed by atoms with van der Waals surface area (Å²) in [6.45, 7) is 1.43. The maximum Gasteiger partial charge on any atom is 0.275 e. The summed E-state index contributed by atoms with van der Waals surface area (Å²) < 4.78 is 27.1. The first kappa shape index (κ1) is 15.2. The van der Waals surface area contributed by atoms with E-state index in [-0.39, 0.29) is 22.0 Å². The molecule has 110 valence electrons. The molecule has 0 aliphatic heterocycles. The van der Waals surface area contributed by atoms with Crippen LogP contribution in [-0.4, -0.2) is 17.9 Å². The SMILES string of the molecule is CNc1ccc(Cl)c(C(=O)Nc2cc(F)c(C)cc2F)n1. The Morgan fingerprint density at radius 1 is 1.24 bits per heavy atom. The van der Waals surface area contributed by atoms with Crippen molar-refractivity contribution in [1.29, 1.82) is 0 Å². The Morgan fingerprint density at radius 3 is 2.62 bits per heavy atom. The van der Waals surface area contributed by atoms with Crippen LogP contribution in [0.25, 0.3) is 0 Å². The molecule has 0 saturated heterocycles. The Labute approximate surface area is 125 Å². The van der Waals surface area contributed by atoms with E-state index in [1.807, 2.05) is 0 Å². The molecule has 1 amide bonds. The highest BCUT2D eigenvalue weighted by atomic mass is 35.5. The number of pyridine rings is 1. The van der Waals surface area contributed by atoms with Gasteiger partial charge in [0.05, 0.1) is 10.7 Å². The number of aryl methyl sites for hydroxylation is 1. The summed E-state index contributed by atoms with van der Waals surface area (Å²) in [6, 6.07) is 5.00. The van der Waals surface area contributed by atoms with Crippen molar-refractivity contribution in [2.75, 3.05) is 17.7 Å². The maximum atomic E-state index is 13.7. The number of rotatable bonds is 3. The van der Waals surface area contributed by atoms with Crippen LogP contribution in [0.5, 0.6) is 0 Å². The molecular weight excluding hydrogens is 300 g/mol. The van der Waals surface area contributed by atoms with Crippen LogP contribution in [-0.2, 0) is 0 Å². The van der Waals surface area contributed by atoms with Gasteiger partial charge in [-0.25, -0.2) is 13.8 Å². The standard InChI is InChI=1S/C14H12ClF2N3O/c1-7-5-10(17)11(6-9(7)16)19-14(21)13-8(15)3-4-12(18-2)20-13/h3-6H,1-2H3,(H,18,20)(H,19,21). The van der Waals surface area contributed by atoms with Gasteiger partial charge in [0, 0.05) is 13.1 Å². The van der Waals surface area contributed by atoms with Crippen molar-refractivity contribution in [2.24, 2.45) is 0 Å². The summed E-state index contributed by atoms with van der Waals surface area (Å²) in [5, 5.41) is 5.13. The fraction of sp³-hybridized carbons (Fsp3) is 0.143. The lowest BCUT2D eigenvalue weighted by atomic mass is 10.2. The molecule has 0 bridgehead atoms. The van der Waals surface area contributed by atoms with Crippen LogP contribution in [0.3, 0.4) is 0 Å². The summed E-state index contributed by atoms with van der Waals surface area (Å²) in [7, 11) is 1.63. The number of anilines is 2. The van der Waals surface area contributed by atoms with Crippen LogP contribution < -0.4 is 10.6 Å². The first-order chi connectivity index (χ1) is 9.92. The van der Waals surface area contributed by atoms with E-state index in [1.165, 1.54) is 13.0 Å². The summed E-state index contributed by atoms with van der Waals surface area (Å²) in [6.07, 6.45) is 0. The third kappa shape index (κ3) is 3.28. The maximum absolute atomic E-state index is 13.7. The summed E-state index contributed by atoms with van der Waals surface area (Å²) in [4.78, 5) is 16.1. The summed E-state index contributed by atoms with van der Waals surface area (Å²) in [5.74, 6) is -1.64. The van der Waals surface area contributed by atoms with Gasteiger partial charge in [-0.05, 0) is 30.7 Å². The van der Waals surface area contributed by atoms with Crippen LogP contribution in [0.4, 0.5) is 20.3 Å². The molecule has 2 aromatic rings. The van der Waals surface area contributed by atoms with Crippen LogP contribution >= 0.6 is 11.6 Å². The first-order valence-corrected chi connectivity index (χ1v) is 6.41. The topological polar surface area (TPSA) is 54.0 Å². The zero-order valence-electron chi connectivity index (χ0n) is 11.3. The van der Waals surface area contributed by atoms with Crippen LogP contribution in [0.2, 0.25) is 5.02 Å². The molecule has 2 rings (SSSR count). The van der Waals surface area contributed by atoms with Gasteiger partial charge >= 0.3 is 0 Å². The van der Waals surface area contributed by atoms with Gasteiger partial charge in [0.1, 0.15) is 23.1 Å². The van der Waals surface area contributed by atoms with Crippen molar-refractivity contribution in [3.63, 3.8) is 0 Å². The van der Waals surface area contributed by atoms with Crippen molar-refractivity contribution in [2.45, 2.75) is 6.92 Å². The van der Waals surface area contributed by atoms with Crippen molar-refractivity contribution in [3.05, 3.63) is 52.2 Å². The van der Waals surface area contributed by atoms with Gasteiger partial charge in [-0.15, -0.1) is 0 Å². The molecule has 2 N–H and O–H groups in total. The first-order valence-electron chi connectivity index (χ1n) is 6.03. The second-order valence-electron chi connectivity index (χ2n) is 4.31. The van der Waals surface area contributed by atoms with E-state index in [1.54, 1.807) is 13.1 Å². The minimum Gasteiger partial charge on any atom is -0.373 e. The zero-order valence-corrected chi connectivity index (χ0v) is 12.1. The Hall–Kier alpha value is -2.21. The minimum absolute atomic E-state index is 0.0797. The quantitative estimate of drug-likeness (QED) is 0.910. The molecular formula is C14H12ClF2N3O. The van der Waals surface area contributed by atoms with E-state index in [4.69, 9.17) is 11.6 Å². The monoisotopic (exact) mass is 311 g/mol. The average Bonchev–Trinajstić information content (AvgIpc) is 2.45. The smallest absolute Gasteiger partial charge is 0.275 e. The highest BCUT2D eigenvalue weighted by Crippen LogP contribution is 2.22. The Kier molecular flexibility index (Phi) is 4.37.